The van der Waals surface area contributed by atoms with E-state index in [2.05, 4.69) is 30.3 Å². The van der Waals surface area contributed by atoms with Crippen molar-refractivity contribution in [1.29, 1.82) is 0 Å². The molecule has 1 saturated heterocycles. The summed E-state index contributed by atoms with van der Waals surface area (Å²) in [5, 5.41) is 3.46. The first kappa shape index (κ1) is 8.82. The van der Waals surface area contributed by atoms with Crippen molar-refractivity contribution in [2.24, 2.45) is 0 Å². The zero-order valence-electron chi connectivity index (χ0n) is 8.48. The lowest BCUT2D eigenvalue weighted by Gasteiger charge is -2.23. The molecule has 0 aromatic carbocycles. The summed E-state index contributed by atoms with van der Waals surface area (Å²) in [6.07, 6.45) is 4.78. The maximum atomic E-state index is 3.46. The SMILES string of the molecule is Cc1c[nH]c(C)c1C1CCCNC1. The molecule has 0 radical (unpaired) electrons. The molecular weight excluding hydrogens is 160 g/mol. The molecular formula is C11H18N2. The summed E-state index contributed by atoms with van der Waals surface area (Å²) in [6, 6.07) is 0. The summed E-state index contributed by atoms with van der Waals surface area (Å²) in [6.45, 7) is 6.73. The second kappa shape index (κ2) is 3.54. The molecule has 13 heavy (non-hydrogen) atoms. The molecule has 0 amide bonds. The van der Waals surface area contributed by atoms with Crippen molar-refractivity contribution in [3.63, 3.8) is 0 Å². The Balaban J connectivity index is 2.22. The number of aromatic nitrogens is 1. The molecule has 1 atom stereocenters. The van der Waals surface area contributed by atoms with Gasteiger partial charge in [0.15, 0.2) is 0 Å². The maximum absolute atomic E-state index is 3.46. The summed E-state index contributed by atoms with van der Waals surface area (Å²) in [5.41, 5.74) is 4.32. The van der Waals surface area contributed by atoms with E-state index in [1.54, 1.807) is 5.56 Å². The van der Waals surface area contributed by atoms with E-state index < -0.39 is 0 Å². The summed E-state index contributed by atoms with van der Waals surface area (Å²) in [7, 11) is 0. The van der Waals surface area contributed by atoms with Crippen LogP contribution < -0.4 is 5.32 Å². The normalized spacial score (nSPS) is 23.4. The molecule has 0 spiro atoms. The van der Waals surface area contributed by atoms with Crippen LogP contribution in [-0.2, 0) is 0 Å². The van der Waals surface area contributed by atoms with Crippen molar-refractivity contribution in [2.75, 3.05) is 13.1 Å². The summed E-state index contributed by atoms with van der Waals surface area (Å²) >= 11 is 0. The van der Waals surface area contributed by atoms with Crippen LogP contribution in [0.3, 0.4) is 0 Å². The molecule has 2 rings (SSSR count). The van der Waals surface area contributed by atoms with E-state index in [1.165, 1.54) is 30.6 Å². The first-order chi connectivity index (χ1) is 6.29. The van der Waals surface area contributed by atoms with Crippen LogP contribution in [0.15, 0.2) is 6.20 Å². The van der Waals surface area contributed by atoms with Gasteiger partial charge in [0.1, 0.15) is 0 Å². The van der Waals surface area contributed by atoms with Gasteiger partial charge in [-0.05, 0) is 50.3 Å². The van der Waals surface area contributed by atoms with E-state index in [-0.39, 0.29) is 0 Å². The van der Waals surface area contributed by atoms with E-state index >= 15 is 0 Å². The van der Waals surface area contributed by atoms with E-state index in [0.717, 1.165) is 12.5 Å². The highest BCUT2D eigenvalue weighted by molar-refractivity contribution is 5.33. The highest BCUT2D eigenvalue weighted by atomic mass is 14.9. The number of nitrogens with one attached hydrogen (secondary N) is 2. The van der Waals surface area contributed by atoms with Crippen molar-refractivity contribution in [3.8, 4) is 0 Å². The largest absolute Gasteiger partial charge is 0.365 e. The van der Waals surface area contributed by atoms with E-state index in [1.807, 2.05) is 0 Å². The monoisotopic (exact) mass is 178 g/mol. The third-order valence-corrected chi connectivity index (χ3v) is 3.04. The average Bonchev–Trinajstić information content (AvgIpc) is 2.48. The van der Waals surface area contributed by atoms with E-state index in [9.17, 15) is 0 Å². The molecule has 0 bridgehead atoms. The Bertz CT molecular complexity index is 263. The topological polar surface area (TPSA) is 27.8 Å². The van der Waals surface area contributed by atoms with Crippen molar-refractivity contribution >= 4 is 0 Å². The quantitative estimate of drug-likeness (QED) is 0.677. The standard InChI is InChI=1S/C11H18N2/c1-8-6-13-9(2)11(8)10-4-3-5-12-7-10/h6,10,12-13H,3-5,7H2,1-2H3. The molecule has 1 aromatic rings. The van der Waals surface area contributed by atoms with Gasteiger partial charge in [-0.2, -0.15) is 0 Å². The van der Waals surface area contributed by atoms with Crippen molar-refractivity contribution < 1.29 is 0 Å². The zero-order chi connectivity index (χ0) is 9.26. The number of H-pyrrole nitrogens is 1. The smallest absolute Gasteiger partial charge is 0.0154 e. The minimum absolute atomic E-state index is 0.736. The van der Waals surface area contributed by atoms with Gasteiger partial charge >= 0.3 is 0 Å². The first-order valence-electron chi connectivity index (χ1n) is 5.14. The molecule has 2 heterocycles. The molecule has 2 nitrogen and oxygen atoms in total. The lowest BCUT2D eigenvalue weighted by molar-refractivity contribution is 0.459. The molecule has 2 N–H and O–H groups in total. The predicted molar refractivity (Wildman–Crippen MR) is 55.1 cm³/mol. The van der Waals surface area contributed by atoms with Crippen LogP contribution in [-0.4, -0.2) is 18.1 Å². The predicted octanol–water partition coefficient (Wildman–Crippen LogP) is 2.10. The summed E-state index contributed by atoms with van der Waals surface area (Å²) in [5.74, 6) is 0.736. The molecule has 0 saturated carbocycles. The molecule has 1 aliphatic rings. The minimum atomic E-state index is 0.736. The zero-order valence-corrected chi connectivity index (χ0v) is 8.48. The Morgan fingerprint density at radius 1 is 1.38 bits per heavy atom. The van der Waals surface area contributed by atoms with Gasteiger partial charge in [0.25, 0.3) is 0 Å². The van der Waals surface area contributed by atoms with Gasteiger partial charge in [-0.15, -0.1) is 0 Å². The molecule has 72 valence electrons. The third-order valence-electron chi connectivity index (χ3n) is 3.04. The van der Waals surface area contributed by atoms with E-state index in [4.69, 9.17) is 0 Å². The lowest BCUT2D eigenvalue weighted by atomic mass is 9.89. The Labute approximate surface area is 79.7 Å². The van der Waals surface area contributed by atoms with Crippen LogP contribution in [0.1, 0.15) is 35.6 Å². The molecule has 1 unspecified atom stereocenters. The van der Waals surface area contributed by atoms with Gasteiger partial charge in [0.05, 0.1) is 0 Å². The Morgan fingerprint density at radius 3 is 2.77 bits per heavy atom. The van der Waals surface area contributed by atoms with Gasteiger partial charge in [-0.3, -0.25) is 0 Å². The molecule has 1 fully saturated rings. The van der Waals surface area contributed by atoms with Crippen LogP contribution in [0.5, 0.6) is 0 Å². The fraction of sp³-hybridized carbons (Fsp3) is 0.636. The Morgan fingerprint density at radius 2 is 2.23 bits per heavy atom. The van der Waals surface area contributed by atoms with Crippen molar-refractivity contribution in [3.05, 3.63) is 23.0 Å². The number of aryl methyl sites for hydroxylation is 2. The fourth-order valence-corrected chi connectivity index (χ4v) is 2.39. The van der Waals surface area contributed by atoms with Gasteiger partial charge in [0, 0.05) is 18.4 Å². The number of aromatic amines is 1. The van der Waals surface area contributed by atoms with Crippen LogP contribution >= 0.6 is 0 Å². The Kier molecular flexibility index (Phi) is 2.40. The first-order valence-corrected chi connectivity index (χ1v) is 5.14. The van der Waals surface area contributed by atoms with Crippen LogP contribution in [0, 0.1) is 13.8 Å². The van der Waals surface area contributed by atoms with Crippen molar-refractivity contribution in [2.45, 2.75) is 32.6 Å². The number of rotatable bonds is 1. The highest BCUT2D eigenvalue weighted by Crippen LogP contribution is 2.28. The summed E-state index contributed by atoms with van der Waals surface area (Å²) in [4.78, 5) is 3.31. The molecule has 2 heteroatoms. The molecule has 0 aliphatic carbocycles. The second-order valence-electron chi connectivity index (χ2n) is 4.05. The molecule has 1 aromatic heterocycles. The lowest BCUT2D eigenvalue weighted by Crippen LogP contribution is -2.28. The minimum Gasteiger partial charge on any atom is -0.365 e. The average molecular weight is 178 g/mol. The fourth-order valence-electron chi connectivity index (χ4n) is 2.39. The van der Waals surface area contributed by atoms with Gasteiger partial charge in [-0.1, -0.05) is 0 Å². The van der Waals surface area contributed by atoms with Gasteiger partial charge < -0.3 is 10.3 Å². The Hall–Kier alpha value is -0.760. The van der Waals surface area contributed by atoms with Crippen LogP contribution in [0.25, 0.3) is 0 Å². The number of piperidine rings is 1. The van der Waals surface area contributed by atoms with Crippen LogP contribution in [0.2, 0.25) is 0 Å². The molecule has 1 aliphatic heterocycles. The maximum Gasteiger partial charge on any atom is 0.0154 e. The van der Waals surface area contributed by atoms with Crippen molar-refractivity contribution in [1.82, 2.24) is 10.3 Å². The van der Waals surface area contributed by atoms with Gasteiger partial charge in [-0.25, -0.2) is 0 Å². The van der Waals surface area contributed by atoms with E-state index in [0.29, 0.717) is 0 Å². The number of hydrogen-bond acceptors (Lipinski definition) is 1. The highest BCUT2D eigenvalue weighted by Gasteiger charge is 2.19. The summed E-state index contributed by atoms with van der Waals surface area (Å²) < 4.78 is 0. The second-order valence-corrected chi connectivity index (χ2v) is 4.05. The third kappa shape index (κ3) is 1.63. The van der Waals surface area contributed by atoms with Gasteiger partial charge in [0.2, 0.25) is 0 Å². The number of hydrogen-bond donors (Lipinski definition) is 2. The van der Waals surface area contributed by atoms with Crippen LogP contribution in [0.4, 0.5) is 0 Å².